The number of sulfonamides is 1. The predicted octanol–water partition coefficient (Wildman–Crippen LogP) is 6.93. The maximum absolute atomic E-state index is 13.1. The van der Waals surface area contributed by atoms with Crippen LogP contribution in [0.4, 0.5) is 5.69 Å². The molecule has 0 aromatic heterocycles. The van der Waals surface area contributed by atoms with Crippen molar-refractivity contribution in [3.8, 4) is 5.75 Å². The van der Waals surface area contributed by atoms with Crippen LogP contribution in [0.2, 0.25) is 10.0 Å². The van der Waals surface area contributed by atoms with Crippen molar-refractivity contribution in [3.63, 3.8) is 0 Å². The minimum Gasteiger partial charge on any atom is -0.422 e. The minimum atomic E-state index is -4.00. The van der Waals surface area contributed by atoms with Crippen molar-refractivity contribution in [3.05, 3.63) is 136 Å². The van der Waals surface area contributed by atoms with E-state index in [2.05, 4.69) is 15.2 Å². The third-order valence-electron chi connectivity index (χ3n) is 6.11. The van der Waals surface area contributed by atoms with Crippen LogP contribution in [0.15, 0.2) is 119 Å². The van der Waals surface area contributed by atoms with E-state index in [0.29, 0.717) is 21.2 Å². The number of carbonyl (C=O) groups is 2. The summed E-state index contributed by atoms with van der Waals surface area (Å²) in [6.45, 7) is 0. The van der Waals surface area contributed by atoms with Crippen molar-refractivity contribution >= 4 is 67.8 Å². The van der Waals surface area contributed by atoms with Gasteiger partial charge in [0.1, 0.15) is 5.75 Å². The highest BCUT2D eigenvalue weighted by Crippen LogP contribution is 2.28. The van der Waals surface area contributed by atoms with E-state index in [-0.39, 0.29) is 21.9 Å². The van der Waals surface area contributed by atoms with Crippen molar-refractivity contribution in [1.82, 2.24) is 5.43 Å². The number of hydrogen-bond donors (Lipinski definition) is 2. The fourth-order valence-electron chi connectivity index (χ4n) is 4.05. The molecule has 0 unspecified atom stereocenters. The van der Waals surface area contributed by atoms with Gasteiger partial charge in [-0.05, 0) is 77.5 Å². The van der Waals surface area contributed by atoms with Gasteiger partial charge in [0.2, 0.25) is 0 Å². The summed E-state index contributed by atoms with van der Waals surface area (Å²) in [6, 6.07) is 28.9. The Morgan fingerprint density at radius 1 is 0.762 bits per heavy atom. The van der Waals surface area contributed by atoms with Gasteiger partial charge in [0.25, 0.3) is 15.9 Å². The SMILES string of the molecule is O=C(Oc1ccc2ccccc2c1C=NNC(=O)c1ccccc1NS(=O)(=O)c1ccc(Cl)cc1)c1ccc(Cl)cc1. The standard InChI is InChI=1S/C31H21Cl2N3O5S/c32-22-12-9-21(10-13-22)31(38)41-29-18-11-20-5-1-2-6-25(20)27(29)19-34-35-30(37)26-7-3-4-8-28(26)36-42(39,40)24-16-14-23(33)15-17-24/h1-19,36H,(H,35,37). The van der Waals surface area contributed by atoms with E-state index < -0.39 is 21.9 Å². The highest BCUT2D eigenvalue weighted by molar-refractivity contribution is 7.92. The summed E-state index contributed by atoms with van der Waals surface area (Å²) in [6.07, 6.45) is 1.37. The Hall–Kier alpha value is -4.70. The molecule has 1 amide bonds. The Morgan fingerprint density at radius 3 is 2.14 bits per heavy atom. The third kappa shape index (κ3) is 6.60. The van der Waals surface area contributed by atoms with E-state index in [9.17, 15) is 18.0 Å². The van der Waals surface area contributed by atoms with Crippen LogP contribution in [0.25, 0.3) is 10.8 Å². The van der Waals surface area contributed by atoms with Gasteiger partial charge in [-0.25, -0.2) is 18.6 Å². The molecule has 0 aliphatic rings. The summed E-state index contributed by atoms with van der Waals surface area (Å²) in [4.78, 5) is 25.9. The van der Waals surface area contributed by atoms with Gasteiger partial charge in [0, 0.05) is 15.6 Å². The Labute approximate surface area is 251 Å². The van der Waals surface area contributed by atoms with Crippen molar-refractivity contribution in [2.45, 2.75) is 4.90 Å². The van der Waals surface area contributed by atoms with Gasteiger partial charge < -0.3 is 4.74 Å². The van der Waals surface area contributed by atoms with Crippen LogP contribution in [-0.4, -0.2) is 26.5 Å². The number of esters is 1. The molecule has 0 bridgehead atoms. The molecule has 0 aliphatic heterocycles. The van der Waals surface area contributed by atoms with E-state index >= 15 is 0 Å². The average molecular weight is 618 g/mol. The molecule has 0 spiro atoms. The third-order valence-corrected chi connectivity index (χ3v) is 8.00. The Bertz CT molecular complexity index is 1930. The van der Waals surface area contributed by atoms with Crippen molar-refractivity contribution in [2.24, 2.45) is 5.10 Å². The molecule has 0 saturated carbocycles. The molecule has 210 valence electrons. The summed E-state index contributed by atoms with van der Waals surface area (Å²) in [5.41, 5.74) is 3.28. The number of nitrogens with one attached hydrogen (secondary N) is 2. The summed E-state index contributed by atoms with van der Waals surface area (Å²) in [5, 5.41) is 6.57. The van der Waals surface area contributed by atoms with Gasteiger partial charge >= 0.3 is 5.97 Å². The fraction of sp³-hybridized carbons (Fsp3) is 0. The van der Waals surface area contributed by atoms with E-state index in [1.165, 1.54) is 42.6 Å². The molecule has 42 heavy (non-hydrogen) atoms. The second-order valence-electron chi connectivity index (χ2n) is 8.90. The molecule has 0 saturated heterocycles. The van der Waals surface area contributed by atoms with Crippen LogP contribution in [-0.2, 0) is 10.0 Å². The number of halogens is 2. The summed E-state index contributed by atoms with van der Waals surface area (Å²) >= 11 is 11.8. The lowest BCUT2D eigenvalue weighted by Crippen LogP contribution is -2.21. The number of anilines is 1. The van der Waals surface area contributed by atoms with Crippen LogP contribution in [0.5, 0.6) is 5.75 Å². The van der Waals surface area contributed by atoms with Crippen molar-refractivity contribution in [1.29, 1.82) is 0 Å². The number of carbonyl (C=O) groups excluding carboxylic acids is 2. The first kappa shape index (κ1) is 28.8. The van der Waals surface area contributed by atoms with Crippen LogP contribution < -0.4 is 14.9 Å². The molecule has 5 aromatic rings. The lowest BCUT2D eigenvalue weighted by molar-refractivity contribution is 0.0734. The zero-order valence-electron chi connectivity index (χ0n) is 21.6. The number of hydrogen-bond acceptors (Lipinski definition) is 6. The number of para-hydroxylation sites is 1. The Morgan fingerprint density at radius 2 is 1.40 bits per heavy atom. The Kier molecular flexibility index (Phi) is 8.53. The normalized spacial score (nSPS) is 11.4. The minimum absolute atomic E-state index is 0.0169. The first-order valence-electron chi connectivity index (χ1n) is 12.4. The molecule has 0 fully saturated rings. The molecule has 0 radical (unpaired) electrons. The quantitative estimate of drug-likeness (QED) is 0.0848. The van der Waals surface area contributed by atoms with Gasteiger partial charge in [-0.3, -0.25) is 9.52 Å². The first-order valence-corrected chi connectivity index (χ1v) is 14.7. The summed E-state index contributed by atoms with van der Waals surface area (Å²) < 4.78 is 33.9. The molecule has 5 aromatic carbocycles. The maximum Gasteiger partial charge on any atom is 0.343 e. The fourth-order valence-corrected chi connectivity index (χ4v) is 5.38. The lowest BCUT2D eigenvalue weighted by Gasteiger charge is -2.12. The van der Waals surface area contributed by atoms with Crippen LogP contribution >= 0.6 is 23.2 Å². The molecule has 2 N–H and O–H groups in total. The van der Waals surface area contributed by atoms with Crippen LogP contribution in [0.1, 0.15) is 26.3 Å². The summed E-state index contributed by atoms with van der Waals surface area (Å²) in [5.74, 6) is -1.04. The summed E-state index contributed by atoms with van der Waals surface area (Å²) in [7, 11) is -4.00. The molecule has 0 heterocycles. The predicted molar refractivity (Wildman–Crippen MR) is 164 cm³/mol. The lowest BCUT2D eigenvalue weighted by atomic mass is 10.0. The number of amides is 1. The largest absolute Gasteiger partial charge is 0.422 e. The number of nitrogens with zero attached hydrogens (tertiary/aromatic N) is 1. The second kappa shape index (κ2) is 12.4. The number of fused-ring (bicyclic) bond motifs is 1. The molecule has 5 rings (SSSR count). The zero-order chi connectivity index (χ0) is 29.7. The second-order valence-corrected chi connectivity index (χ2v) is 11.5. The van der Waals surface area contributed by atoms with E-state index in [1.807, 2.05) is 24.3 Å². The highest BCUT2D eigenvalue weighted by atomic mass is 35.5. The van der Waals surface area contributed by atoms with Crippen LogP contribution in [0, 0.1) is 0 Å². The monoisotopic (exact) mass is 617 g/mol. The number of benzene rings is 5. The molecule has 11 heteroatoms. The molecular weight excluding hydrogens is 597 g/mol. The van der Waals surface area contributed by atoms with Crippen LogP contribution in [0.3, 0.4) is 0 Å². The van der Waals surface area contributed by atoms with Crippen molar-refractivity contribution < 1.29 is 22.7 Å². The highest BCUT2D eigenvalue weighted by Gasteiger charge is 2.19. The Balaban J connectivity index is 1.39. The average Bonchev–Trinajstić information content (AvgIpc) is 2.98. The molecule has 0 atom stereocenters. The number of hydrazone groups is 1. The van der Waals surface area contributed by atoms with E-state index in [4.69, 9.17) is 27.9 Å². The zero-order valence-corrected chi connectivity index (χ0v) is 24.0. The van der Waals surface area contributed by atoms with Gasteiger partial charge in [-0.1, -0.05) is 65.7 Å². The topological polar surface area (TPSA) is 114 Å². The molecular formula is C31H21Cl2N3O5S. The smallest absolute Gasteiger partial charge is 0.343 e. The van der Waals surface area contributed by atoms with Gasteiger partial charge in [0.15, 0.2) is 0 Å². The van der Waals surface area contributed by atoms with E-state index in [0.717, 1.165) is 10.8 Å². The number of rotatable bonds is 8. The maximum atomic E-state index is 13.1. The van der Waals surface area contributed by atoms with Crippen molar-refractivity contribution in [2.75, 3.05) is 4.72 Å². The first-order chi connectivity index (χ1) is 20.2. The molecule has 0 aliphatic carbocycles. The van der Waals surface area contributed by atoms with Gasteiger partial charge in [-0.15, -0.1) is 0 Å². The number of ether oxygens (including phenoxy) is 1. The van der Waals surface area contributed by atoms with Gasteiger partial charge in [0.05, 0.1) is 27.9 Å². The van der Waals surface area contributed by atoms with Gasteiger partial charge in [-0.2, -0.15) is 5.10 Å². The van der Waals surface area contributed by atoms with E-state index in [1.54, 1.807) is 48.5 Å². The molecule has 8 nitrogen and oxygen atoms in total.